The van der Waals surface area contributed by atoms with Crippen LogP contribution in [0.2, 0.25) is 0 Å². The van der Waals surface area contributed by atoms with Gasteiger partial charge in [0.2, 0.25) is 0 Å². The van der Waals surface area contributed by atoms with E-state index in [1.807, 2.05) is 0 Å². The van der Waals surface area contributed by atoms with Gasteiger partial charge in [-0.3, -0.25) is 0 Å². The zero-order valence-corrected chi connectivity index (χ0v) is 8.02. The Labute approximate surface area is 79.1 Å². The molecule has 2 atom stereocenters. The number of unbranched alkanes of at least 4 members (excludes halogenated alkanes) is 2. The maximum Gasteiger partial charge on any atom is 0.119 e. The summed E-state index contributed by atoms with van der Waals surface area (Å²) >= 11 is 0. The van der Waals surface area contributed by atoms with Gasteiger partial charge in [-0.25, -0.2) is 0 Å². The molecule has 3 nitrogen and oxygen atoms in total. The Hall–Kier alpha value is -0.670. The maximum absolute atomic E-state index is 9.96. The average molecular weight is 186 g/mol. The highest BCUT2D eigenvalue weighted by Gasteiger charge is 1.98. The van der Waals surface area contributed by atoms with Gasteiger partial charge in [-0.15, -0.1) is 0 Å². The van der Waals surface area contributed by atoms with Crippen molar-refractivity contribution >= 4 is 6.29 Å². The van der Waals surface area contributed by atoms with Crippen molar-refractivity contribution < 1.29 is 15.0 Å². The number of hydrogen-bond donors (Lipinski definition) is 2. The maximum atomic E-state index is 9.96. The van der Waals surface area contributed by atoms with Crippen LogP contribution in [0, 0.1) is 0 Å². The summed E-state index contributed by atoms with van der Waals surface area (Å²) in [5.41, 5.74) is 0. The monoisotopic (exact) mass is 186 g/mol. The molecule has 2 unspecified atom stereocenters. The molecule has 2 N–H and O–H groups in total. The first kappa shape index (κ1) is 12.3. The highest BCUT2D eigenvalue weighted by atomic mass is 16.3. The summed E-state index contributed by atoms with van der Waals surface area (Å²) in [5, 5.41) is 18.2. The molecule has 0 aliphatic rings. The lowest BCUT2D eigenvalue weighted by atomic mass is 10.1. The van der Waals surface area contributed by atoms with E-state index >= 15 is 0 Å². The lowest BCUT2D eigenvalue weighted by Gasteiger charge is -2.04. The molecule has 0 radical (unpaired) electrons. The lowest BCUT2D eigenvalue weighted by Crippen LogP contribution is -2.04. The molecule has 3 heteroatoms. The van der Waals surface area contributed by atoms with E-state index in [4.69, 9.17) is 5.11 Å². The number of aliphatic hydroxyl groups excluding tert-OH is 2. The molecule has 0 aliphatic heterocycles. The van der Waals surface area contributed by atoms with Crippen molar-refractivity contribution in [1.82, 2.24) is 0 Å². The Morgan fingerprint density at radius 1 is 1.23 bits per heavy atom. The Kier molecular flexibility index (Phi) is 7.54. The summed E-state index contributed by atoms with van der Waals surface area (Å²) in [6, 6.07) is 0. The number of carbonyl (C=O) groups excluding carboxylic acids is 1. The van der Waals surface area contributed by atoms with Crippen molar-refractivity contribution in [2.75, 3.05) is 0 Å². The summed E-state index contributed by atoms with van der Waals surface area (Å²) < 4.78 is 0. The van der Waals surface area contributed by atoms with Crippen LogP contribution in [-0.2, 0) is 4.79 Å². The van der Waals surface area contributed by atoms with Crippen molar-refractivity contribution in [3.8, 4) is 0 Å². The van der Waals surface area contributed by atoms with E-state index in [2.05, 4.69) is 0 Å². The standard InChI is InChI=1S/C10H18O3/c1-9(12)6-7-10(13)5-3-2-4-8-11/h6-10,12-13H,2-5H2,1H3. The van der Waals surface area contributed by atoms with Crippen LogP contribution in [-0.4, -0.2) is 28.7 Å². The molecule has 0 rings (SSSR count). The molecule has 0 amide bonds. The topological polar surface area (TPSA) is 57.5 Å². The molecule has 0 heterocycles. The Balaban J connectivity index is 3.39. The molecule has 0 bridgehead atoms. The Morgan fingerprint density at radius 3 is 2.46 bits per heavy atom. The van der Waals surface area contributed by atoms with Crippen LogP contribution < -0.4 is 0 Å². The second-order valence-electron chi connectivity index (χ2n) is 3.14. The molecule has 0 spiro atoms. The molecule has 0 fully saturated rings. The van der Waals surface area contributed by atoms with Crippen molar-refractivity contribution in [3.05, 3.63) is 12.2 Å². The van der Waals surface area contributed by atoms with Gasteiger partial charge in [0.25, 0.3) is 0 Å². The molecule has 0 aromatic rings. The molecule has 0 aromatic heterocycles. The van der Waals surface area contributed by atoms with Crippen LogP contribution in [0.1, 0.15) is 32.6 Å². The predicted octanol–water partition coefficient (Wildman–Crippen LogP) is 1.04. The van der Waals surface area contributed by atoms with E-state index in [-0.39, 0.29) is 0 Å². The molecular weight excluding hydrogens is 168 g/mol. The zero-order chi connectivity index (χ0) is 10.1. The summed E-state index contributed by atoms with van der Waals surface area (Å²) in [7, 11) is 0. The van der Waals surface area contributed by atoms with Crippen LogP contribution in [0.4, 0.5) is 0 Å². The summed E-state index contributed by atoms with van der Waals surface area (Å²) in [6.45, 7) is 1.63. The second kappa shape index (κ2) is 7.95. The summed E-state index contributed by atoms with van der Waals surface area (Å²) in [5.74, 6) is 0. The van der Waals surface area contributed by atoms with E-state index in [0.29, 0.717) is 12.8 Å². The number of hydrogen-bond acceptors (Lipinski definition) is 3. The smallest absolute Gasteiger partial charge is 0.119 e. The van der Waals surface area contributed by atoms with Gasteiger partial charge in [-0.1, -0.05) is 18.6 Å². The largest absolute Gasteiger partial charge is 0.389 e. The first-order valence-electron chi connectivity index (χ1n) is 4.65. The van der Waals surface area contributed by atoms with Crippen molar-refractivity contribution in [2.24, 2.45) is 0 Å². The van der Waals surface area contributed by atoms with Crippen LogP contribution in [0.25, 0.3) is 0 Å². The molecule has 0 saturated heterocycles. The van der Waals surface area contributed by atoms with Crippen LogP contribution >= 0.6 is 0 Å². The van der Waals surface area contributed by atoms with Gasteiger partial charge >= 0.3 is 0 Å². The number of carbonyl (C=O) groups is 1. The number of rotatable bonds is 7. The second-order valence-corrected chi connectivity index (χ2v) is 3.14. The van der Waals surface area contributed by atoms with Gasteiger partial charge in [0, 0.05) is 6.42 Å². The minimum absolute atomic E-state index is 0.499. The van der Waals surface area contributed by atoms with Crippen LogP contribution in [0.3, 0.4) is 0 Å². The predicted molar refractivity (Wildman–Crippen MR) is 51.4 cm³/mol. The Bertz CT molecular complexity index is 152. The summed E-state index contributed by atoms with van der Waals surface area (Å²) in [4.78, 5) is 9.96. The lowest BCUT2D eigenvalue weighted by molar-refractivity contribution is -0.107. The van der Waals surface area contributed by atoms with Crippen LogP contribution in [0.5, 0.6) is 0 Å². The van der Waals surface area contributed by atoms with Gasteiger partial charge in [0.15, 0.2) is 0 Å². The summed E-state index contributed by atoms with van der Waals surface area (Å²) in [6.07, 6.45) is 5.90. The average Bonchev–Trinajstić information content (AvgIpc) is 2.09. The molecular formula is C10H18O3. The van der Waals surface area contributed by atoms with E-state index < -0.39 is 12.2 Å². The Morgan fingerprint density at radius 2 is 1.92 bits per heavy atom. The van der Waals surface area contributed by atoms with Gasteiger partial charge in [0.05, 0.1) is 12.2 Å². The van der Waals surface area contributed by atoms with E-state index in [1.54, 1.807) is 19.1 Å². The quantitative estimate of drug-likeness (QED) is 0.355. The van der Waals surface area contributed by atoms with Gasteiger partial charge in [-0.2, -0.15) is 0 Å². The fraction of sp³-hybridized carbons (Fsp3) is 0.700. The highest BCUT2D eigenvalue weighted by Crippen LogP contribution is 2.03. The number of aldehydes is 1. The third-order valence-corrected chi connectivity index (χ3v) is 1.68. The minimum atomic E-state index is -0.510. The van der Waals surface area contributed by atoms with Gasteiger partial charge < -0.3 is 15.0 Å². The van der Waals surface area contributed by atoms with Gasteiger partial charge in [-0.05, 0) is 19.8 Å². The SMILES string of the molecule is CC(O)C=CC(O)CCCCC=O. The van der Waals surface area contributed by atoms with E-state index in [9.17, 15) is 9.90 Å². The first-order chi connectivity index (χ1) is 6.16. The highest BCUT2D eigenvalue weighted by molar-refractivity contribution is 5.48. The fourth-order valence-corrected chi connectivity index (χ4v) is 0.966. The third kappa shape index (κ3) is 9.24. The van der Waals surface area contributed by atoms with E-state index in [1.165, 1.54) is 0 Å². The first-order valence-corrected chi connectivity index (χ1v) is 4.65. The molecule has 0 aliphatic carbocycles. The van der Waals surface area contributed by atoms with Crippen LogP contribution in [0.15, 0.2) is 12.2 Å². The van der Waals surface area contributed by atoms with Gasteiger partial charge in [0.1, 0.15) is 6.29 Å². The molecule has 76 valence electrons. The molecule has 0 saturated carbocycles. The minimum Gasteiger partial charge on any atom is -0.389 e. The zero-order valence-electron chi connectivity index (χ0n) is 8.02. The normalized spacial score (nSPS) is 15.9. The molecule has 0 aromatic carbocycles. The fourth-order valence-electron chi connectivity index (χ4n) is 0.966. The van der Waals surface area contributed by atoms with E-state index in [0.717, 1.165) is 19.1 Å². The van der Waals surface area contributed by atoms with Crippen molar-refractivity contribution in [2.45, 2.75) is 44.8 Å². The van der Waals surface area contributed by atoms with Crippen molar-refractivity contribution in [1.29, 1.82) is 0 Å². The van der Waals surface area contributed by atoms with Crippen molar-refractivity contribution in [3.63, 3.8) is 0 Å². The molecule has 13 heavy (non-hydrogen) atoms. The third-order valence-electron chi connectivity index (χ3n) is 1.68. The number of aliphatic hydroxyl groups is 2.